The van der Waals surface area contributed by atoms with E-state index in [1.54, 1.807) is 30.6 Å². The second kappa shape index (κ2) is 5.17. The molecule has 0 N–H and O–H groups in total. The molecule has 0 atom stereocenters. The van der Waals surface area contributed by atoms with Gasteiger partial charge in [-0.2, -0.15) is 0 Å². The lowest BCUT2D eigenvalue weighted by Gasteiger charge is -2.07. The third-order valence-electron chi connectivity index (χ3n) is 3.31. The van der Waals surface area contributed by atoms with Gasteiger partial charge < -0.3 is 0 Å². The summed E-state index contributed by atoms with van der Waals surface area (Å²) in [5.74, 6) is -0.222. The van der Waals surface area contributed by atoms with E-state index in [1.807, 2.05) is 13.0 Å². The molecule has 0 aliphatic carbocycles. The molecular formula is C16H12ClFN2. The molecule has 3 rings (SSSR count). The SMILES string of the molecule is Cc1ccc(F)cc1Cc1cc2cnc(Cl)cc2cn1. The van der Waals surface area contributed by atoms with E-state index in [2.05, 4.69) is 9.97 Å². The van der Waals surface area contributed by atoms with Crippen molar-refractivity contribution in [3.05, 3.63) is 70.5 Å². The largest absolute Gasteiger partial charge is 0.260 e. The van der Waals surface area contributed by atoms with Crippen LogP contribution < -0.4 is 0 Å². The highest BCUT2D eigenvalue weighted by atomic mass is 35.5. The highest BCUT2D eigenvalue weighted by Gasteiger charge is 2.05. The van der Waals surface area contributed by atoms with Gasteiger partial charge in [0.1, 0.15) is 11.0 Å². The average Bonchev–Trinajstić information content (AvgIpc) is 2.43. The lowest BCUT2D eigenvalue weighted by molar-refractivity contribution is 0.625. The summed E-state index contributed by atoms with van der Waals surface area (Å²) >= 11 is 5.85. The van der Waals surface area contributed by atoms with Crippen molar-refractivity contribution in [1.82, 2.24) is 9.97 Å². The molecule has 2 nitrogen and oxygen atoms in total. The van der Waals surface area contributed by atoms with Crippen molar-refractivity contribution in [1.29, 1.82) is 0 Å². The molecule has 0 aliphatic heterocycles. The number of halogens is 2. The fourth-order valence-electron chi connectivity index (χ4n) is 2.18. The Labute approximate surface area is 121 Å². The fourth-order valence-corrected chi connectivity index (χ4v) is 2.34. The van der Waals surface area contributed by atoms with Gasteiger partial charge in [0.05, 0.1) is 0 Å². The van der Waals surface area contributed by atoms with Crippen LogP contribution in [-0.2, 0) is 6.42 Å². The molecule has 20 heavy (non-hydrogen) atoms. The summed E-state index contributed by atoms with van der Waals surface area (Å²) in [6.07, 6.45) is 4.09. The van der Waals surface area contributed by atoms with Crippen molar-refractivity contribution in [3.8, 4) is 0 Å². The molecule has 3 aromatic rings. The highest BCUT2D eigenvalue weighted by Crippen LogP contribution is 2.19. The van der Waals surface area contributed by atoms with E-state index in [0.29, 0.717) is 11.6 Å². The summed E-state index contributed by atoms with van der Waals surface area (Å²) in [5.41, 5.74) is 2.89. The minimum atomic E-state index is -0.222. The predicted octanol–water partition coefficient (Wildman–Crippen LogP) is 4.32. The zero-order valence-corrected chi connectivity index (χ0v) is 11.7. The van der Waals surface area contributed by atoms with Crippen LogP contribution in [-0.4, -0.2) is 9.97 Å². The maximum absolute atomic E-state index is 13.3. The maximum Gasteiger partial charge on any atom is 0.129 e. The Bertz CT molecular complexity index is 787. The second-order valence-electron chi connectivity index (χ2n) is 4.78. The van der Waals surface area contributed by atoms with E-state index >= 15 is 0 Å². The summed E-state index contributed by atoms with van der Waals surface area (Å²) in [7, 11) is 0. The molecule has 0 amide bonds. The van der Waals surface area contributed by atoms with E-state index in [0.717, 1.165) is 27.6 Å². The van der Waals surface area contributed by atoms with Crippen LogP contribution in [0.15, 0.2) is 42.7 Å². The predicted molar refractivity (Wildman–Crippen MR) is 78.5 cm³/mol. The highest BCUT2D eigenvalue weighted by molar-refractivity contribution is 6.30. The molecule has 4 heteroatoms. The van der Waals surface area contributed by atoms with Crippen LogP contribution in [0.2, 0.25) is 5.15 Å². The van der Waals surface area contributed by atoms with Crippen LogP contribution >= 0.6 is 11.6 Å². The summed E-state index contributed by atoms with van der Waals surface area (Å²) in [4.78, 5) is 8.47. The number of fused-ring (bicyclic) bond motifs is 1. The van der Waals surface area contributed by atoms with E-state index in [4.69, 9.17) is 11.6 Å². The van der Waals surface area contributed by atoms with Crippen molar-refractivity contribution in [3.63, 3.8) is 0 Å². The number of pyridine rings is 2. The molecule has 0 bridgehead atoms. The molecule has 0 saturated heterocycles. The molecule has 0 spiro atoms. The van der Waals surface area contributed by atoms with Crippen molar-refractivity contribution in [2.45, 2.75) is 13.3 Å². The average molecular weight is 287 g/mol. The Hall–Kier alpha value is -2.00. The molecule has 1 aromatic carbocycles. The van der Waals surface area contributed by atoms with E-state index in [-0.39, 0.29) is 5.82 Å². The minimum absolute atomic E-state index is 0.222. The fraction of sp³-hybridized carbons (Fsp3) is 0.125. The van der Waals surface area contributed by atoms with E-state index in [9.17, 15) is 4.39 Å². The third-order valence-corrected chi connectivity index (χ3v) is 3.52. The minimum Gasteiger partial charge on any atom is -0.260 e. The van der Waals surface area contributed by atoms with E-state index < -0.39 is 0 Å². The Morgan fingerprint density at radius 2 is 1.80 bits per heavy atom. The first kappa shape index (κ1) is 13.0. The van der Waals surface area contributed by atoms with Gasteiger partial charge in [-0.05, 0) is 42.3 Å². The Morgan fingerprint density at radius 1 is 1.05 bits per heavy atom. The summed E-state index contributed by atoms with van der Waals surface area (Å²) in [6, 6.07) is 8.55. The number of benzene rings is 1. The van der Waals surface area contributed by atoms with Gasteiger partial charge in [0.25, 0.3) is 0 Å². The van der Waals surface area contributed by atoms with Gasteiger partial charge in [-0.3, -0.25) is 4.98 Å². The van der Waals surface area contributed by atoms with Crippen LogP contribution in [0.5, 0.6) is 0 Å². The van der Waals surface area contributed by atoms with Crippen molar-refractivity contribution < 1.29 is 4.39 Å². The summed E-state index contributed by atoms with van der Waals surface area (Å²) in [6.45, 7) is 1.97. The monoisotopic (exact) mass is 286 g/mol. The smallest absolute Gasteiger partial charge is 0.129 e. The van der Waals surface area contributed by atoms with Gasteiger partial charge in [-0.25, -0.2) is 9.37 Å². The first-order valence-corrected chi connectivity index (χ1v) is 6.65. The molecule has 2 heterocycles. The van der Waals surface area contributed by atoms with Crippen molar-refractivity contribution >= 4 is 22.4 Å². The van der Waals surface area contributed by atoms with Crippen LogP contribution in [0.3, 0.4) is 0 Å². The van der Waals surface area contributed by atoms with Gasteiger partial charge in [0, 0.05) is 35.3 Å². The second-order valence-corrected chi connectivity index (χ2v) is 5.16. The van der Waals surface area contributed by atoms with Crippen LogP contribution in [0.1, 0.15) is 16.8 Å². The number of rotatable bonds is 2. The maximum atomic E-state index is 13.3. The van der Waals surface area contributed by atoms with E-state index in [1.165, 1.54) is 6.07 Å². The molecule has 0 aliphatic rings. The first-order chi connectivity index (χ1) is 9.61. The topological polar surface area (TPSA) is 25.8 Å². The Morgan fingerprint density at radius 3 is 2.65 bits per heavy atom. The molecule has 0 unspecified atom stereocenters. The van der Waals surface area contributed by atoms with Gasteiger partial charge >= 0.3 is 0 Å². The van der Waals surface area contributed by atoms with Crippen LogP contribution in [0.4, 0.5) is 4.39 Å². The summed E-state index contributed by atoms with van der Waals surface area (Å²) in [5, 5.41) is 2.38. The first-order valence-electron chi connectivity index (χ1n) is 6.27. The normalized spacial score (nSPS) is 10.9. The number of aryl methyl sites for hydroxylation is 1. The Balaban J connectivity index is 1.98. The lowest BCUT2D eigenvalue weighted by atomic mass is 10.0. The zero-order chi connectivity index (χ0) is 14.1. The zero-order valence-electron chi connectivity index (χ0n) is 10.9. The third kappa shape index (κ3) is 2.63. The lowest BCUT2D eigenvalue weighted by Crippen LogP contribution is -1.96. The summed E-state index contributed by atoms with van der Waals surface area (Å²) < 4.78 is 13.3. The van der Waals surface area contributed by atoms with Crippen LogP contribution in [0.25, 0.3) is 10.8 Å². The van der Waals surface area contributed by atoms with Gasteiger partial charge in [0.2, 0.25) is 0 Å². The van der Waals surface area contributed by atoms with Crippen molar-refractivity contribution in [2.75, 3.05) is 0 Å². The number of hydrogen-bond acceptors (Lipinski definition) is 2. The molecule has 0 saturated carbocycles. The van der Waals surface area contributed by atoms with Gasteiger partial charge in [-0.1, -0.05) is 17.7 Å². The molecular weight excluding hydrogens is 275 g/mol. The number of nitrogens with zero attached hydrogens (tertiary/aromatic N) is 2. The van der Waals surface area contributed by atoms with Crippen molar-refractivity contribution in [2.24, 2.45) is 0 Å². The standard InChI is InChI=1S/C16H12ClFN2/c1-10-2-3-14(18)4-11(10)5-15-6-12-9-20-16(17)7-13(12)8-19-15/h2-4,6-9H,5H2,1H3. The molecule has 2 aromatic heterocycles. The number of hydrogen-bond donors (Lipinski definition) is 0. The van der Waals surface area contributed by atoms with Gasteiger partial charge in [-0.15, -0.1) is 0 Å². The molecule has 100 valence electrons. The number of aromatic nitrogens is 2. The molecule has 0 radical (unpaired) electrons. The van der Waals surface area contributed by atoms with Crippen LogP contribution in [0, 0.1) is 12.7 Å². The van der Waals surface area contributed by atoms with Gasteiger partial charge in [0.15, 0.2) is 0 Å². The Kier molecular flexibility index (Phi) is 3.36. The molecule has 0 fully saturated rings. The quantitative estimate of drug-likeness (QED) is 0.656.